The fourth-order valence-electron chi connectivity index (χ4n) is 15.4. The highest BCUT2D eigenvalue weighted by Gasteiger charge is 2.33. The molecular weight excluding hydrogens is 1030 g/mol. The second kappa shape index (κ2) is 17.2. The van der Waals surface area contributed by atoms with Gasteiger partial charge in [0.15, 0.2) is 0 Å². The lowest BCUT2D eigenvalue weighted by molar-refractivity contribution is 0.568. The molecule has 14 aromatic carbocycles. The Hall–Kier alpha value is -7.54. The summed E-state index contributed by atoms with van der Waals surface area (Å²) in [7, 11) is 0. The van der Waals surface area contributed by atoms with E-state index in [0.717, 1.165) is 0 Å². The van der Waals surface area contributed by atoms with Gasteiger partial charge in [-0.15, -0.1) is 0 Å². The molecule has 0 heteroatoms. The maximum atomic E-state index is 2.68. The Morgan fingerprint density at radius 1 is 0.174 bits per heavy atom. The lowest BCUT2D eigenvalue weighted by atomic mass is 9.76. The summed E-state index contributed by atoms with van der Waals surface area (Å²) >= 11 is 0. The fraction of sp³-hybridized carbons (Fsp3) is 0.326. The maximum absolute atomic E-state index is 2.68. The van der Waals surface area contributed by atoms with Crippen LogP contribution in [0.25, 0.3) is 152 Å². The van der Waals surface area contributed by atoms with Gasteiger partial charge in [0, 0.05) is 0 Å². The molecule has 0 spiro atoms. The van der Waals surface area contributed by atoms with Crippen LogP contribution in [0.5, 0.6) is 0 Å². The van der Waals surface area contributed by atoms with E-state index in [4.69, 9.17) is 0 Å². The van der Waals surface area contributed by atoms with Crippen LogP contribution in [0.3, 0.4) is 0 Å². The first-order chi connectivity index (χ1) is 40.1. The minimum absolute atomic E-state index is 0.0420. The smallest absolute Gasteiger partial charge is 0.000740 e. The quantitative estimate of drug-likeness (QED) is 0.120. The van der Waals surface area contributed by atoms with E-state index in [-0.39, 0.29) is 37.9 Å². The molecule has 0 unspecified atom stereocenters. The van der Waals surface area contributed by atoms with Crippen LogP contribution >= 0.6 is 0 Å². The first kappa shape index (κ1) is 55.1. The van der Waals surface area contributed by atoms with E-state index in [1.807, 2.05) is 0 Å². The van der Waals surface area contributed by atoms with Gasteiger partial charge in [-0.05, 0) is 259 Å². The highest BCUT2D eigenvalue weighted by Crippen LogP contribution is 2.59. The zero-order valence-corrected chi connectivity index (χ0v) is 55.3. The van der Waals surface area contributed by atoms with Gasteiger partial charge in [-0.1, -0.05) is 255 Å². The highest BCUT2D eigenvalue weighted by atomic mass is 14.4. The molecule has 0 heterocycles. The summed E-state index contributed by atoms with van der Waals surface area (Å²) in [6.45, 7) is 50.0. The van der Waals surface area contributed by atoms with Gasteiger partial charge in [0.2, 0.25) is 0 Å². The number of hydrogen-bond acceptors (Lipinski definition) is 0. The minimum Gasteiger partial charge on any atom is -0.0578 e. The molecule has 0 N–H and O–H groups in total. The van der Waals surface area contributed by atoms with E-state index in [2.05, 4.69) is 285 Å². The predicted octanol–water partition coefficient (Wildman–Crippen LogP) is 25.6. The summed E-state index contributed by atoms with van der Waals surface area (Å²) in [5, 5.41) is 27.1. The van der Waals surface area contributed by atoms with E-state index in [1.165, 1.54) is 191 Å². The van der Waals surface area contributed by atoms with Gasteiger partial charge < -0.3 is 0 Å². The molecule has 0 fully saturated rings. The van der Waals surface area contributed by atoms with E-state index in [9.17, 15) is 0 Å². The molecular formula is C86H86. The van der Waals surface area contributed by atoms with Crippen molar-refractivity contribution in [2.24, 2.45) is 0 Å². The topological polar surface area (TPSA) is 0 Å². The Kier molecular flexibility index (Phi) is 11.0. The summed E-state index contributed by atoms with van der Waals surface area (Å²) in [4.78, 5) is 0. The molecule has 0 nitrogen and oxygen atoms in total. The van der Waals surface area contributed by atoms with Crippen LogP contribution in [0.4, 0.5) is 0 Å². The van der Waals surface area contributed by atoms with Crippen molar-refractivity contribution in [1.29, 1.82) is 0 Å². The standard InChI is InChI=1S/C86H86/c1-80(2,3)48-22-23-55-56-24-25-57-59-28-30-62-77-63(31-29-60(76(59)77)58-26-27-61(64(55)40-48)74(56)75(57)58)79-73(47-36-51(83(10,11)12)39-52(37-47)84(13,14)15)70-44-66-65(67-41-53(85(16,17)18)32-45-33-54(86(19,20)21)42-68(66)71(45)67)43-69(70)72(78(62)79)46-34-49(81(4,5)6)38-50(35-46)82(7,8)9/h22-44H,1-21H3. The average molecular weight is 1120 g/mol. The number of hydrogen-bond donors (Lipinski definition) is 0. The van der Waals surface area contributed by atoms with Gasteiger partial charge in [-0.25, -0.2) is 0 Å². The molecule has 14 aromatic rings. The lowest BCUT2D eigenvalue weighted by Gasteiger charge is -2.28. The SMILES string of the molecule is CC(C)(C)c1cc(-c2c3cc4c(cc3c(-c3cc(C(C)(C)C)cc(C(C)(C)C)c3)c3c5ccc6c7ccc8c9c(ccc(c%10ccc(c23)c5c%106)c97)-c2ccc(C(C)(C)C)cc2-8)c2cc(C(C)(C)C)cc3cc(C(C)(C)C)cc4c32)cc(C(C)(C)C)c1. The normalized spacial score (nSPS) is 14.1. The summed E-state index contributed by atoms with van der Waals surface area (Å²) in [6, 6.07) is 58.0. The third kappa shape index (κ3) is 7.85. The van der Waals surface area contributed by atoms with Gasteiger partial charge >= 0.3 is 0 Å². The van der Waals surface area contributed by atoms with E-state index >= 15 is 0 Å². The van der Waals surface area contributed by atoms with Crippen molar-refractivity contribution in [3.05, 3.63) is 178 Å². The Bertz CT molecular complexity index is 4950. The number of fused-ring (bicyclic) bond motifs is 12. The van der Waals surface area contributed by atoms with Crippen LogP contribution in [-0.2, 0) is 37.9 Å². The largest absolute Gasteiger partial charge is 0.0578 e. The molecule has 0 radical (unpaired) electrons. The zero-order chi connectivity index (χ0) is 61.0. The van der Waals surface area contributed by atoms with Crippen molar-refractivity contribution in [3.63, 3.8) is 0 Å². The van der Waals surface area contributed by atoms with Gasteiger partial charge in [0.05, 0.1) is 0 Å². The molecule has 0 amide bonds. The van der Waals surface area contributed by atoms with Crippen molar-refractivity contribution in [1.82, 2.24) is 0 Å². The summed E-state index contributed by atoms with van der Waals surface area (Å²) < 4.78 is 0. The molecule has 430 valence electrons. The summed E-state index contributed by atoms with van der Waals surface area (Å²) in [6.07, 6.45) is 0. The molecule has 15 rings (SSSR count). The minimum atomic E-state index is -0.0893. The molecule has 0 bridgehead atoms. The van der Waals surface area contributed by atoms with Gasteiger partial charge in [0.25, 0.3) is 0 Å². The van der Waals surface area contributed by atoms with Crippen molar-refractivity contribution in [3.8, 4) is 44.5 Å². The highest BCUT2D eigenvalue weighted by molar-refractivity contribution is 6.47. The van der Waals surface area contributed by atoms with Gasteiger partial charge in [-0.2, -0.15) is 0 Å². The third-order valence-electron chi connectivity index (χ3n) is 20.6. The van der Waals surface area contributed by atoms with Gasteiger partial charge in [-0.3, -0.25) is 0 Å². The first-order valence-electron chi connectivity index (χ1n) is 32.1. The molecule has 0 saturated heterocycles. The number of rotatable bonds is 2. The molecule has 1 aliphatic rings. The summed E-state index contributed by atoms with van der Waals surface area (Å²) in [5.41, 5.74) is 19.9. The Labute approximate surface area is 511 Å². The second-order valence-electron chi connectivity index (χ2n) is 33.8. The van der Waals surface area contributed by atoms with E-state index < -0.39 is 0 Å². The van der Waals surface area contributed by atoms with Crippen LogP contribution in [0.1, 0.15) is 184 Å². The van der Waals surface area contributed by atoms with Crippen molar-refractivity contribution in [2.45, 2.75) is 183 Å². The van der Waals surface area contributed by atoms with E-state index in [1.54, 1.807) is 0 Å². The molecule has 0 saturated carbocycles. The van der Waals surface area contributed by atoms with Crippen LogP contribution in [-0.4, -0.2) is 0 Å². The summed E-state index contributed by atoms with van der Waals surface area (Å²) in [5.74, 6) is 0. The van der Waals surface area contributed by atoms with Crippen LogP contribution in [0.2, 0.25) is 0 Å². The zero-order valence-electron chi connectivity index (χ0n) is 55.3. The maximum Gasteiger partial charge on any atom is -0.000740 e. The fourth-order valence-corrected chi connectivity index (χ4v) is 15.4. The molecule has 0 aliphatic heterocycles. The van der Waals surface area contributed by atoms with Crippen molar-refractivity contribution < 1.29 is 0 Å². The average Bonchev–Trinajstić information content (AvgIpc) is 1.47. The lowest BCUT2D eigenvalue weighted by Crippen LogP contribution is -2.16. The van der Waals surface area contributed by atoms with Crippen LogP contribution < -0.4 is 0 Å². The number of benzene rings is 12. The van der Waals surface area contributed by atoms with E-state index in [0.29, 0.717) is 0 Å². The van der Waals surface area contributed by atoms with Crippen molar-refractivity contribution >= 4 is 108 Å². The first-order valence-corrected chi connectivity index (χ1v) is 32.1. The second-order valence-corrected chi connectivity index (χ2v) is 33.8. The molecule has 0 atom stereocenters. The monoisotopic (exact) mass is 1120 g/mol. The Morgan fingerprint density at radius 3 is 0.872 bits per heavy atom. The molecule has 0 aromatic heterocycles. The molecule has 86 heavy (non-hydrogen) atoms. The van der Waals surface area contributed by atoms with Gasteiger partial charge in [0.1, 0.15) is 0 Å². The van der Waals surface area contributed by atoms with Crippen LogP contribution in [0, 0.1) is 0 Å². The predicted molar refractivity (Wildman–Crippen MR) is 381 cm³/mol. The third-order valence-corrected chi connectivity index (χ3v) is 20.6. The van der Waals surface area contributed by atoms with Crippen molar-refractivity contribution in [2.75, 3.05) is 0 Å². The van der Waals surface area contributed by atoms with Crippen LogP contribution in [0.15, 0.2) is 140 Å². The Morgan fingerprint density at radius 2 is 0.488 bits per heavy atom. The Balaban J connectivity index is 1.19. The molecule has 1 aliphatic carbocycles.